The topological polar surface area (TPSA) is 74.4 Å². The summed E-state index contributed by atoms with van der Waals surface area (Å²) in [5.41, 5.74) is 15.9. The highest BCUT2D eigenvalue weighted by Crippen LogP contribution is 2.38. The number of aromatic amines is 2. The monoisotopic (exact) mass is 564 g/mol. The van der Waals surface area contributed by atoms with Crippen molar-refractivity contribution in [3.8, 4) is 22.3 Å². The summed E-state index contributed by atoms with van der Waals surface area (Å²) in [5.74, 6) is 0.0200. The molecule has 0 amide bonds. The molecule has 0 saturated carbocycles. The molecule has 0 atom stereocenters. The number of hydrogen-bond acceptors (Lipinski definition) is 3. The van der Waals surface area contributed by atoms with Crippen molar-refractivity contribution in [2.45, 2.75) is 59.8 Å². The van der Waals surface area contributed by atoms with Gasteiger partial charge in [-0.3, -0.25) is 9.78 Å². The summed E-state index contributed by atoms with van der Waals surface area (Å²) < 4.78 is 0. The number of carbonyl (C=O) groups is 1. The second-order valence-electron chi connectivity index (χ2n) is 12.6. The molecule has 5 aromatic rings. The van der Waals surface area contributed by atoms with E-state index in [1.54, 1.807) is 0 Å². The number of nitrogens with zero attached hydrogens (tertiary/aromatic N) is 2. The summed E-state index contributed by atoms with van der Waals surface area (Å²) in [6.45, 7) is 12.6. The molecule has 2 aliphatic rings. The summed E-state index contributed by atoms with van der Waals surface area (Å²) in [4.78, 5) is 31.1. The number of hydrogen-bond donors (Lipinski definition) is 2. The number of carbonyl (C=O) groups excluding carboxylic acids is 1. The van der Waals surface area contributed by atoms with Gasteiger partial charge in [-0.05, 0) is 119 Å². The molecule has 7 rings (SSSR count). The van der Waals surface area contributed by atoms with Gasteiger partial charge in [-0.15, -0.1) is 0 Å². The minimum Gasteiger partial charge on any atom is -0.355 e. The lowest BCUT2D eigenvalue weighted by Crippen LogP contribution is -2.23. The Morgan fingerprint density at radius 3 is 1.93 bits per heavy atom. The van der Waals surface area contributed by atoms with E-state index in [-0.39, 0.29) is 5.78 Å². The highest BCUT2D eigenvalue weighted by Gasteiger charge is 2.37. The van der Waals surface area contributed by atoms with Crippen LogP contribution in [0.5, 0.6) is 0 Å². The smallest absolute Gasteiger partial charge is 0.192 e. The normalized spacial score (nSPS) is 14.3. The number of H-pyrrole nitrogens is 2. The molecule has 0 saturated heterocycles. The maximum atomic E-state index is 13.6. The second-order valence-corrected chi connectivity index (χ2v) is 12.6. The molecule has 5 heteroatoms. The van der Waals surface area contributed by atoms with Gasteiger partial charge in [0, 0.05) is 33.2 Å². The van der Waals surface area contributed by atoms with E-state index in [0.717, 1.165) is 63.1 Å². The predicted molar refractivity (Wildman–Crippen MR) is 176 cm³/mol. The second kappa shape index (κ2) is 9.91. The van der Waals surface area contributed by atoms with Gasteiger partial charge in [-0.2, -0.15) is 0 Å². The van der Waals surface area contributed by atoms with Crippen LogP contribution in [-0.2, 0) is 18.3 Å². The summed E-state index contributed by atoms with van der Waals surface area (Å²) in [6, 6.07) is 25.3. The summed E-state index contributed by atoms with van der Waals surface area (Å²) in [7, 11) is 0. The first-order valence-electron chi connectivity index (χ1n) is 15.0. The van der Waals surface area contributed by atoms with Crippen LogP contribution in [0.25, 0.3) is 44.3 Å². The molecular weight excluding hydrogens is 528 g/mol. The van der Waals surface area contributed by atoms with Gasteiger partial charge in [0.1, 0.15) is 5.69 Å². The Labute approximate surface area is 252 Å². The quantitative estimate of drug-likeness (QED) is 0.225. The van der Waals surface area contributed by atoms with E-state index in [2.05, 4.69) is 92.3 Å². The van der Waals surface area contributed by atoms with Crippen molar-refractivity contribution in [1.82, 2.24) is 19.9 Å². The fourth-order valence-electron chi connectivity index (χ4n) is 6.84. The molecule has 2 aliphatic heterocycles. The van der Waals surface area contributed by atoms with Gasteiger partial charge in [0.25, 0.3) is 0 Å². The Morgan fingerprint density at radius 2 is 1.26 bits per heavy atom. The maximum absolute atomic E-state index is 13.6. The van der Waals surface area contributed by atoms with Crippen molar-refractivity contribution in [2.75, 3.05) is 0 Å². The Hall–Kier alpha value is -4.77. The van der Waals surface area contributed by atoms with Crippen LogP contribution in [0.2, 0.25) is 0 Å². The molecular formula is C38H36N4O. The lowest BCUT2D eigenvalue weighted by atomic mass is 9.85. The molecule has 0 fully saturated rings. The third kappa shape index (κ3) is 4.51. The molecule has 3 aromatic heterocycles. The van der Waals surface area contributed by atoms with Crippen LogP contribution in [0, 0.1) is 27.7 Å². The molecule has 2 aromatic carbocycles. The zero-order chi connectivity index (χ0) is 30.0. The van der Waals surface area contributed by atoms with Crippen LogP contribution in [-0.4, -0.2) is 25.7 Å². The molecule has 214 valence electrons. The van der Waals surface area contributed by atoms with Crippen molar-refractivity contribution in [2.24, 2.45) is 0 Å². The molecule has 0 spiro atoms. The zero-order valence-corrected chi connectivity index (χ0v) is 25.6. The van der Waals surface area contributed by atoms with Crippen LogP contribution in [0.4, 0.5) is 0 Å². The number of Topliss-reactive ketones (excluding diaryl/α,β-unsaturated/α-hetero) is 1. The molecule has 43 heavy (non-hydrogen) atoms. The number of aromatic nitrogens is 4. The third-order valence-corrected chi connectivity index (χ3v) is 9.01. The molecule has 5 heterocycles. The number of benzene rings is 2. The molecule has 8 bridgehead atoms. The minimum absolute atomic E-state index is 0.0200. The van der Waals surface area contributed by atoms with E-state index in [9.17, 15) is 4.79 Å². The Kier molecular flexibility index (Phi) is 6.24. The summed E-state index contributed by atoms with van der Waals surface area (Å²) in [6.07, 6.45) is 1.68. The Bertz CT molecular complexity index is 2100. The average molecular weight is 565 g/mol. The molecule has 0 aliphatic carbocycles. The van der Waals surface area contributed by atoms with E-state index < -0.39 is 5.41 Å². The van der Waals surface area contributed by atoms with Gasteiger partial charge >= 0.3 is 0 Å². The van der Waals surface area contributed by atoms with E-state index >= 15 is 0 Å². The molecule has 2 N–H and O–H groups in total. The number of rotatable bonds is 2. The van der Waals surface area contributed by atoms with Gasteiger partial charge in [-0.1, -0.05) is 42.0 Å². The van der Waals surface area contributed by atoms with Crippen molar-refractivity contribution in [3.63, 3.8) is 0 Å². The number of nitrogens with one attached hydrogen (secondary N) is 2. The van der Waals surface area contributed by atoms with Crippen LogP contribution >= 0.6 is 0 Å². The van der Waals surface area contributed by atoms with E-state index in [4.69, 9.17) is 9.97 Å². The van der Waals surface area contributed by atoms with E-state index in [1.807, 2.05) is 32.0 Å². The van der Waals surface area contributed by atoms with Gasteiger partial charge in [0.15, 0.2) is 5.78 Å². The lowest BCUT2D eigenvalue weighted by molar-refractivity contribution is 0.0919. The van der Waals surface area contributed by atoms with Gasteiger partial charge in [-0.25, -0.2) is 4.98 Å². The van der Waals surface area contributed by atoms with Crippen molar-refractivity contribution >= 4 is 27.9 Å². The number of aryl methyl sites for hydroxylation is 6. The fourth-order valence-corrected chi connectivity index (χ4v) is 6.84. The van der Waals surface area contributed by atoms with Crippen LogP contribution in [0.3, 0.4) is 0 Å². The van der Waals surface area contributed by atoms with Crippen molar-refractivity contribution < 1.29 is 4.79 Å². The van der Waals surface area contributed by atoms with E-state index in [0.29, 0.717) is 5.69 Å². The molecule has 0 radical (unpaired) electrons. The minimum atomic E-state index is -0.727. The first-order chi connectivity index (χ1) is 20.6. The summed E-state index contributed by atoms with van der Waals surface area (Å²) in [5, 5.41) is 0. The van der Waals surface area contributed by atoms with E-state index in [1.165, 1.54) is 33.4 Å². The zero-order valence-electron chi connectivity index (χ0n) is 25.6. The third-order valence-electron chi connectivity index (χ3n) is 9.01. The number of fused-ring (bicyclic) bond motifs is 8. The summed E-state index contributed by atoms with van der Waals surface area (Å²) >= 11 is 0. The highest BCUT2D eigenvalue weighted by atomic mass is 16.1. The maximum Gasteiger partial charge on any atom is 0.192 e. The van der Waals surface area contributed by atoms with Crippen LogP contribution < -0.4 is 0 Å². The van der Waals surface area contributed by atoms with Crippen molar-refractivity contribution in [3.05, 3.63) is 118 Å². The molecule has 0 unspecified atom stereocenters. The first-order valence-corrected chi connectivity index (χ1v) is 15.0. The van der Waals surface area contributed by atoms with Crippen LogP contribution in [0.1, 0.15) is 63.7 Å². The van der Waals surface area contributed by atoms with Gasteiger partial charge in [0.05, 0.1) is 22.5 Å². The van der Waals surface area contributed by atoms with Gasteiger partial charge in [0.2, 0.25) is 0 Å². The van der Waals surface area contributed by atoms with Crippen LogP contribution in [0.15, 0.2) is 72.8 Å². The first kappa shape index (κ1) is 27.1. The largest absolute Gasteiger partial charge is 0.355 e. The standard InChI is InChI=1S/C38H36N4O/c1-21-17-23(3)34(24(4)18-21)36-30-14-11-25(39-30)19-32-37(43)38(5,6)33(42-32)20-26-12-13-28(40-26)35(29-15-16-31(36)41-29)27-10-8-7-9-22(27)2/h7-14,17-20,39-40H,15-16H2,1-6H3. The fraction of sp³-hybridized carbons (Fsp3) is 0.237. The van der Waals surface area contributed by atoms with Gasteiger partial charge < -0.3 is 9.97 Å². The lowest BCUT2D eigenvalue weighted by Gasteiger charge is -2.13. The number of ketones is 1. The predicted octanol–water partition coefficient (Wildman–Crippen LogP) is 8.83. The Balaban J connectivity index is 1.67. The SMILES string of the molecule is Cc1cc(C)c(-c2c3nc(c(-c4ccccc4C)c4ccc(cc5nc(cc6ccc2[nH]6)C(=O)C5(C)C)[nH]4)CC3)c(C)c1. The van der Waals surface area contributed by atoms with Crippen molar-refractivity contribution in [1.29, 1.82) is 0 Å². The Morgan fingerprint density at radius 1 is 0.651 bits per heavy atom. The molecule has 5 nitrogen and oxygen atoms in total. The highest BCUT2D eigenvalue weighted by molar-refractivity contribution is 6.05. The average Bonchev–Trinajstić information content (AvgIpc) is 3.75.